The number of likely N-dealkylation sites (tertiary alicyclic amines) is 1. The number of hydrogen-bond donors (Lipinski definition) is 2. The van der Waals surface area contributed by atoms with Crippen LogP contribution < -0.4 is 0 Å². The number of rotatable bonds is 2. The van der Waals surface area contributed by atoms with Gasteiger partial charge < -0.3 is 14.9 Å². The van der Waals surface area contributed by atoms with Crippen molar-refractivity contribution in [3.63, 3.8) is 0 Å². The Kier molecular flexibility index (Phi) is 4.24. The second kappa shape index (κ2) is 6.29. The van der Waals surface area contributed by atoms with Crippen molar-refractivity contribution in [3.8, 4) is 0 Å². The Morgan fingerprint density at radius 1 is 1.40 bits per heavy atom. The summed E-state index contributed by atoms with van der Waals surface area (Å²) in [6.45, 7) is 5.55. The van der Waals surface area contributed by atoms with Crippen LogP contribution in [0.1, 0.15) is 38.5 Å². The van der Waals surface area contributed by atoms with Gasteiger partial charge in [0, 0.05) is 31.3 Å². The fraction of sp³-hybridized carbons (Fsp3) is 0.650. The molecular weight excluding hydrogens is 318 g/mol. The summed E-state index contributed by atoms with van der Waals surface area (Å²) in [6.07, 6.45) is 9.07. The Labute approximate surface area is 148 Å². The third kappa shape index (κ3) is 2.83. The first-order chi connectivity index (χ1) is 12.0. The Balaban J connectivity index is 1.70. The third-order valence-corrected chi connectivity index (χ3v) is 6.48. The molecule has 0 spiro atoms. The lowest BCUT2D eigenvalue weighted by atomic mass is 9.71. The van der Waals surface area contributed by atoms with Gasteiger partial charge in [0.05, 0.1) is 5.60 Å². The van der Waals surface area contributed by atoms with Crippen LogP contribution in [-0.4, -0.2) is 51.7 Å². The summed E-state index contributed by atoms with van der Waals surface area (Å²) in [5.74, 6) is 0.973. The normalized spacial score (nSPS) is 41.2. The molecule has 5 heteroatoms. The van der Waals surface area contributed by atoms with Crippen LogP contribution in [0, 0.1) is 11.8 Å². The predicted molar refractivity (Wildman–Crippen MR) is 93.9 cm³/mol. The van der Waals surface area contributed by atoms with Gasteiger partial charge in [-0.2, -0.15) is 0 Å². The van der Waals surface area contributed by atoms with Crippen LogP contribution in [0.25, 0.3) is 0 Å². The van der Waals surface area contributed by atoms with Gasteiger partial charge in [-0.05, 0) is 44.2 Å². The molecule has 0 radical (unpaired) electrons. The molecule has 1 saturated carbocycles. The van der Waals surface area contributed by atoms with Gasteiger partial charge in [-0.25, -0.2) is 0 Å². The highest BCUT2D eigenvalue weighted by Gasteiger charge is 2.49. The quantitative estimate of drug-likeness (QED) is 0.753. The average Bonchev–Trinajstić information content (AvgIpc) is 3.04. The van der Waals surface area contributed by atoms with Gasteiger partial charge in [0.2, 0.25) is 0 Å². The molecule has 4 aliphatic rings. The number of aliphatic hydroxyl groups excluding tert-OH is 1. The van der Waals surface area contributed by atoms with Gasteiger partial charge >= 0.3 is 0 Å². The topological polar surface area (TPSA) is 70.0 Å². The number of hydrogen-bond acceptors (Lipinski definition) is 5. The SMILES string of the molecule is C=CCN1CCC[C@@]2(O)CCC(=O)C3CC4C(=C(O)C=CC4C[C@@H]12)O3. The highest BCUT2D eigenvalue weighted by molar-refractivity contribution is 5.83. The molecule has 0 aromatic heterocycles. The molecule has 136 valence electrons. The number of aliphatic hydroxyl groups is 2. The maximum Gasteiger partial charge on any atom is 0.173 e. The van der Waals surface area contributed by atoms with Crippen molar-refractivity contribution in [2.45, 2.75) is 56.3 Å². The van der Waals surface area contributed by atoms with E-state index >= 15 is 0 Å². The maximum atomic E-state index is 12.6. The molecule has 0 aromatic rings. The molecule has 0 aromatic carbocycles. The molecule has 5 nitrogen and oxygen atoms in total. The summed E-state index contributed by atoms with van der Waals surface area (Å²) in [7, 11) is 0. The Morgan fingerprint density at radius 3 is 3.04 bits per heavy atom. The Morgan fingerprint density at radius 2 is 2.24 bits per heavy atom. The lowest BCUT2D eigenvalue weighted by Crippen LogP contribution is -2.58. The van der Waals surface area contributed by atoms with E-state index in [2.05, 4.69) is 11.5 Å². The first-order valence-corrected chi connectivity index (χ1v) is 9.40. The second-order valence-corrected chi connectivity index (χ2v) is 7.93. The number of allylic oxidation sites excluding steroid dienone is 3. The zero-order valence-corrected chi connectivity index (χ0v) is 14.6. The summed E-state index contributed by atoms with van der Waals surface area (Å²) in [5.41, 5.74) is -0.842. The van der Waals surface area contributed by atoms with E-state index < -0.39 is 11.7 Å². The molecule has 2 bridgehead atoms. The number of ketones is 1. The van der Waals surface area contributed by atoms with E-state index in [9.17, 15) is 15.0 Å². The number of fused-ring (bicyclic) bond motifs is 2. The van der Waals surface area contributed by atoms with Crippen LogP contribution in [0.2, 0.25) is 0 Å². The van der Waals surface area contributed by atoms with Crippen molar-refractivity contribution in [3.05, 3.63) is 36.3 Å². The number of ether oxygens (including phenoxy) is 1. The van der Waals surface area contributed by atoms with E-state index in [0.717, 1.165) is 32.4 Å². The number of carbonyl (C=O) groups excluding carboxylic acids is 1. The Hall–Kier alpha value is -1.59. The second-order valence-electron chi connectivity index (χ2n) is 7.93. The highest BCUT2D eigenvalue weighted by atomic mass is 16.5. The van der Waals surface area contributed by atoms with Crippen LogP contribution >= 0.6 is 0 Å². The standard InChI is InChI=1S/C20H27NO4/c1-2-9-21-10-3-7-20(24)8-6-15(22)17-12-14-13(11-18(20)21)4-5-16(23)19(14)25-17/h2,4-5,13-14,17-18,23-24H,1,3,6-12H2/t13?,14?,17?,18-,20-/m1/s1. The minimum absolute atomic E-state index is 0.000317. The van der Waals surface area contributed by atoms with Crippen molar-refractivity contribution in [2.75, 3.05) is 13.1 Å². The maximum absolute atomic E-state index is 12.6. The summed E-state index contributed by atoms with van der Waals surface area (Å²) < 4.78 is 5.83. The summed E-state index contributed by atoms with van der Waals surface area (Å²) in [6, 6.07) is 0.000317. The fourth-order valence-electron chi connectivity index (χ4n) is 5.17. The van der Waals surface area contributed by atoms with Gasteiger partial charge in [0.25, 0.3) is 0 Å². The van der Waals surface area contributed by atoms with Crippen LogP contribution in [0.4, 0.5) is 0 Å². The molecule has 2 heterocycles. The van der Waals surface area contributed by atoms with Crippen molar-refractivity contribution in [1.29, 1.82) is 0 Å². The van der Waals surface area contributed by atoms with Crippen molar-refractivity contribution in [1.82, 2.24) is 4.90 Å². The smallest absolute Gasteiger partial charge is 0.173 e. The molecule has 25 heavy (non-hydrogen) atoms. The van der Waals surface area contributed by atoms with Crippen LogP contribution in [0.3, 0.4) is 0 Å². The van der Waals surface area contributed by atoms with E-state index in [-0.39, 0.29) is 29.4 Å². The zero-order valence-electron chi connectivity index (χ0n) is 14.6. The molecule has 5 atom stereocenters. The molecule has 2 N–H and O–H groups in total. The molecule has 2 saturated heterocycles. The third-order valence-electron chi connectivity index (χ3n) is 6.48. The highest BCUT2D eigenvalue weighted by Crippen LogP contribution is 2.46. The molecule has 0 amide bonds. The molecule has 3 fully saturated rings. The van der Waals surface area contributed by atoms with Gasteiger partial charge in [-0.1, -0.05) is 12.2 Å². The molecular formula is C20H27NO4. The predicted octanol–water partition coefficient (Wildman–Crippen LogP) is 2.48. The minimum Gasteiger partial charge on any atom is -0.504 e. The lowest BCUT2D eigenvalue weighted by molar-refractivity contribution is -0.131. The monoisotopic (exact) mass is 345 g/mol. The van der Waals surface area contributed by atoms with Crippen molar-refractivity contribution >= 4 is 5.78 Å². The van der Waals surface area contributed by atoms with Crippen LogP contribution in [0.15, 0.2) is 36.3 Å². The van der Waals surface area contributed by atoms with Crippen LogP contribution in [0.5, 0.6) is 0 Å². The molecule has 2 aliphatic heterocycles. The zero-order chi connectivity index (χ0) is 17.6. The fourth-order valence-corrected chi connectivity index (χ4v) is 5.17. The number of piperidine rings is 1. The van der Waals surface area contributed by atoms with Crippen molar-refractivity contribution in [2.24, 2.45) is 11.8 Å². The first kappa shape index (κ1) is 16.9. The largest absolute Gasteiger partial charge is 0.504 e. The van der Waals surface area contributed by atoms with Gasteiger partial charge in [-0.15, -0.1) is 6.58 Å². The van der Waals surface area contributed by atoms with Crippen molar-refractivity contribution < 1.29 is 19.7 Å². The van der Waals surface area contributed by atoms with E-state index in [1.165, 1.54) is 0 Å². The van der Waals surface area contributed by atoms with E-state index in [4.69, 9.17) is 4.74 Å². The van der Waals surface area contributed by atoms with Gasteiger partial charge in [0.1, 0.15) is 5.76 Å². The number of nitrogens with zero attached hydrogens (tertiary/aromatic N) is 1. The number of Topliss-reactive ketones (excluding diaryl/α,β-unsaturated/α-hetero) is 1. The van der Waals surface area contributed by atoms with E-state index in [1.54, 1.807) is 6.08 Å². The summed E-state index contributed by atoms with van der Waals surface area (Å²) >= 11 is 0. The Bertz CT molecular complexity index is 640. The molecule has 4 rings (SSSR count). The number of carbonyl (C=O) groups is 1. The first-order valence-electron chi connectivity index (χ1n) is 9.40. The average molecular weight is 345 g/mol. The van der Waals surface area contributed by atoms with Gasteiger partial charge in [-0.3, -0.25) is 9.69 Å². The molecule has 3 unspecified atom stereocenters. The van der Waals surface area contributed by atoms with Gasteiger partial charge in [0.15, 0.2) is 17.6 Å². The minimum atomic E-state index is -0.842. The summed E-state index contributed by atoms with van der Waals surface area (Å²) in [4.78, 5) is 14.9. The van der Waals surface area contributed by atoms with E-state index in [1.807, 2.05) is 12.2 Å². The summed E-state index contributed by atoms with van der Waals surface area (Å²) in [5, 5.41) is 21.6. The molecule has 2 aliphatic carbocycles. The lowest BCUT2D eigenvalue weighted by Gasteiger charge is -2.48. The van der Waals surface area contributed by atoms with Crippen LogP contribution in [-0.2, 0) is 9.53 Å². The van der Waals surface area contributed by atoms with E-state index in [0.29, 0.717) is 25.0 Å².